The van der Waals surface area contributed by atoms with Crippen molar-refractivity contribution in [2.75, 3.05) is 44.2 Å². The van der Waals surface area contributed by atoms with Gasteiger partial charge in [-0.15, -0.1) is 0 Å². The van der Waals surface area contributed by atoms with Crippen LogP contribution in [-0.2, 0) is 24.8 Å². The predicted octanol–water partition coefficient (Wildman–Crippen LogP) is 2.02. The monoisotopic (exact) mass is 582 g/mol. The van der Waals surface area contributed by atoms with Gasteiger partial charge in [0, 0.05) is 51.2 Å². The van der Waals surface area contributed by atoms with Gasteiger partial charge in [0.25, 0.3) is 0 Å². The summed E-state index contributed by atoms with van der Waals surface area (Å²) in [6.07, 6.45) is 1.88. The Hall–Kier alpha value is -2.55. The summed E-state index contributed by atoms with van der Waals surface area (Å²) in [5, 5.41) is 7.07. The Morgan fingerprint density at radius 2 is 1.72 bits per heavy atom. The number of nitrogens with zero attached hydrogens (tertiary/aromatic N) is 5. The molecule has 0 aliphatic carbocycles. The quantitative estimate of drug-likeness (QED) is 0.444. The summed E-state index contributed by atoms with van der Waals surface area (Å²) < 4.78 is 60.2. The highest BCUT2D eigenvalue weighted by Crippen LogP contribution is 2.27. The number of aromatic nitrogens is 2. The number of hydrogen-bond acceptors (Lipinski definition) is 9. The lowest BCUT2D eigenvalue weighted by molar-refractivity contribution is -0.126. The molecule has 0 radical (unpaired) electrons. The molecule has 1 unspecified atom stereocenters. The van der Waals surface area contributed by atoms with Crippen molar-refractivity contribution >= 4 is 32.0 Å². The van der Waals surface area contributed by atoms with Crippen LogP contribution in [-0.4, -0.2) is 86.8 Å². The summed E-state index contributed by atoms with van der Waals surface area (Å²) in [5.41, 5.74) is 0. The molecule has 2 saturated heterocycles. The minimum absolute atomic E-state index is 0.00816. The van der Waals surface area contributed by atoms with Crippen molar-refractivity contribution in [1.29, 1.82) is 0 Å². The Bertz CT molecular complexity index is 1360. The lowest BCUT2D eigenvalue weighted by atomic mass is 9.98. The molecule has 2 aromatic rings. The molecule has 2 atom stereocenters. The lowest BCUT2D eigenvalue weighted by Gasteiger charge is -2.32. The number of amides is 1. The van der Waals surface area contributed by atoms with E-state index >= 15 is 0 Å². The van der Waals surface area contributed by atoms with Crippen LogP contribution in [0.5, 0.6) is 0 Å². The SMILES string of the molecule is CCN(CC)S(=O)(=O)c1ccc(S(=O)(=O)N2CCC[C@@H](C(=O)NC3CCN(c4nc(C(C)C)no4)C3)C2)cc1. The highest BCUT2D eigenvalue weighted by Gasteiger charge is 2.35. The maximum absolute atomic E-state index is 13.4. The number of hydrogen-bond donors (Lipinski definition) is 1. The summed E-state index contributed by atoms with van der Waals surface area (Å²) in [4.78, 5) is 19.5. The van der Waals surface area contributed by atoms with Crippen molar-refractivity contribution in [1.82, 2.24) is 24.1 Å². The van der Waals surface area contributed by atoms with E-state index in [1.807, 2.05) is 18.7 Å². The van der Waals surface area contributed by atoms with Gasteiger partial charge in [0.15, 0.2) is 5.82 Å². The number of carbonyl (C=O) groups excluding carboxylic acids is 1. The van der Waals surface area contributed by atoms with Crippen LogP contribution in [0.25, 0.3) is 0 Å². The van der Waals surface area contributed by atoms with E-state index in [1.165, 1.54) is 32.9 Å². The molecule has 1 aromatic heterocycles. The molecule has 14 heteroatoms. The van der Waals surface area contributed by atoms with E-state index in [1.54, 1.807) is 13.8 Å². The molecule has 1 amide bonds. The zero-order valence-corrected chi connectivity index (χ0v) is 24.5. The van der Waals surface area contributed by atoms with Gasteiger partial charge >= 0.3 is 6.01 Å². The Morgan fingerprint density at radius 3 is 2.33 bits per heavy atom. The van der Waals surface area contributed by atoms with Crippen LogP contribution in [0.15, 0.2) is 38.6 Å². The van der Waals surface area contributed by atoms with Gasteiger partial charge in [-0.2, -0.15) is 13.6 Å². The van der Waals surface area contributed by atoms with E-state index < -0.39 is 26.0 Å². The highest BCUT2D eigenvalue weighted by molar-refractivity contribution is 7.89. The lowest BCUT2D eigenvalue weighted by Crippen LogP contribution is -2.48. The fraction of sp³-hybridized carbons (Fsp3) is 0.640. The first-order valence-corrected chi connectivity index (χ1v) is 16.3. The molecule has 2 aliphatic heterocycles. The van der Waals surface area contributed by atoms with Gasteiger partial charge in [0.1, 0.15) is 0 Å². The number of carbonyl (C=O) groups is 1. The van der Waals surface area contributed by atoms with Crippen molar-refractivity contribution in [2.24, 2.45) is 5.92 Å². The second-order valence-corrected chi connectivity index (χ2v) is 14.2. The third kappa shape index (κ3) is 6.28. The topological polar surface area (TPSA) is 146 Å². The van der Waals surface area contributed by atoms with Gasteiger partial charge in [0.2, 0.25) is 26.0 Å². The van der Waals surface area contributed by atoms with Crippen LogP contribution in [0, 0.1) is 5.92 Å². The maximum Gasteiger partial charge on any atom is 0.324 e. The van der Waals surface area contributed by atoms with Crippen LogP contribution in [0.3, 0.4) is 0 Å². The molecule has 39 heavy (non-hydrogen) atoms. The van der Waals surface area contributed by atoms with E-state index in [0.29, 0.717) is 57.4 Å². The van der Waals surface area contributed by atoms with Gasteiger partial charge in [-0.1, -0.05) is 32.9 Å². The van der Waals surface area contributed by atoms with Crippen molar-refractivity contribution in [2.45, 2.75) is 68.7 Å². The zero-order valence-electron chi connectivity index (χ0n) is 22.9. The average Bonchev–Trinajstić information content (AvgIpc) is 3.59. The molecular formula is C25H38N6O6S2. The van der Waals surface area contributed by atoms with Crippen LogP contribution in [0.2, 0.25) is 0 Å². The summed E-state index contributed by atoms with van der Waals surface area (Å²) in [6.45, 7) is 9.73. The van der Waals surface area contributed by atoms with Crippen LogP contribution in [0.4, 0.5) is 6.01 Å². The average molecular weight is 583 g/mol. The van der Waals surface area contributed by atoms with Gasteiger partial charge in [-0.05, 0) is 43.5 Å². The first-order chi connectivity index (χ1) is 18.5. The molecule has 2 fully saturated rings. The van der Waals surface area contributed by atoms with Crippen LogP contribution >= 0.6 is 0 Å². The smallest absolute Gasteiger partial charge is 0.324 e. The minimum Gasteiger partial charge on any atom is -0.351 e. The molecule has 1 N–H and O–H groups in total. The molecule has 4 rings (SSSR count). The normalized spacial score (nSPS) is 21.1. The fourth-order valence-electron chi connectivity index (χ4n) is 4.98. The number of anilines is 1. The Labute approximate surface area is 230 Å². The van der Waals surface area contributed by atoms with Gasteiger partial charge < -0.3 is 14.7 Å². The molecule has 1 aromatic carbocycles. The van der Waals surface area contributed by atoms with Crippen LogP contribution < -0.4 is 10.2 Å². The summed E-state index contributed by atoms with van der Waals surface area (Å²) in [6, 6.07) is 5.65. The maximum atomic E-state index is 13.4. The number of benzene rings is 1. The van der Waals surface area contributed by atoms with E-state index in [2.05, 4.69) is 15.5 Å². The number of piperidine rings is 1. The van der Waals surface area contributed by atoms with E-state index in [-0.39, 0.29) is 34.2 Å². The van der Waals surface area contributed by atoms with E-state index in [9.17, 15) is 21.6 Å². The number of sulfonamides is 2. The van der Waals surface area contributed by atoms with Crippen molar-refractivity contribution in [3.8, 4) is 0 Å². The standard InChI is InChI=1S/C25H38N6O6S2/c1-5-30(6-2)38(33,34)21-9-11-22(12-10-21)39(35,36)31-14-7-8-19(16-31)24(32)26-20-13-15-29(17-20)25-27-23(18(3)4)28-37-25/h9-12,18-20H,5-8,13-17H2,1-4H3,(H,26,32)/t19-,20?/m1/s1. The number of nitrogens with one attached hydrogen (secondary N) is 1. The van der Waals surface area contributed by atoms with E-state index in [0.717, 1.165) is 6.42 Å². The third-order valence-corrected chi connectivity index (χ3v) is 11.3. The predicted molar refractivity (Wildman–Crippen MR) is 145 cm³/mol. The minimum atomic E-state index is -3.89. The van der Waals surface area contributed by atoms with E-state index in [4.69, 9.17) is 4.52 Å². The summed E-state index contributed by atoms with van der Waals surface area (Å²) >= 11 is 0. The van der Waals surface area contributed by atoms with Crippen molar-refractivity contribution < 1.29 is 26.2 Å². The van der Waals surface area contributed by atoms with Gasteiger partial charge in [-0.25, -0.2) is 16.8 Å². The number of rotatable bonds is 10. The largest absolute Gasteiger partial charge is 0.351 e. The molecule has 0 bridgehead atoms. The van der Waals surface area contributed by atoms with Crippen molar-refractivity contribution in [3.63, 3.8) is 0 Å². The summed E-state index contributed by atoms with van der Waals surface area (Å²) in [5.74, 6) is 0.155. The molecule has 0 saturated carbocycles. The molecule has 0 spiro atoms. The Balaban J connectivity index is 1.37. The Morgan fingerprint density at radius 1 is 1.05 bits per heavy atom. The molecule has 12 nitrogen and oxygen atoms in total. The summed E-state index contributed by atoms with van der Waals surface area (Å²) in [7, 11) is -7.58. The highest BCUT2D eigenvalue weighted by atomic mass is 32.2. The zero-order chi connectivity index (χ0) is 28.4. The Kier molecular flexibility index (Phi) is 8.98. The van der Waals surface area contributed by atoms with Crippen LogP contribution in [0.1, 0.15) is 58.7 Å². The molecular weight excluding hydrogens is 544 g/mol. The second kappa shape index (κ2) is 11.9. The first-order valence-electron chi connectivity index (χ1n) is 13.5. The van der Waals surface area contributed by atoms with Crippen molar-refractivity contribution in [3.05, 3.63) is 30.1 Å². The second-order valence-electron chi connectivity index (χ2n) is 10.3. The molecule has 216 valence electrons. The third-order valence-electron chi connectivity index (χ3n) is 7.31. The molecule has 2 aliphatic rings. The fourth-order valence-corrected chi connectivity index (χ4v) is 7.96. The first kappa shape index (κ1) is 29.4. The van der Waals surface area contributed by atoms with Gasteiger partial charge in [-0.3, -0.25) is 4.79 Å². The van der Waals surface area contributed by atoms with Gasteiger partial charge in [0.05, 0.1) is 15.7 Å². The molecule has 3 heterocycles.